The van der Waals surface area contributed by atoms with Crippen LogP contribution in [0.5, 0.6) is 0 Å². The number of nitrogens with zero attached hydrogens (tertiary/aromatic N) is 1. The van der Waals surface area contributed by atoms with Crippen LogP contribution in [0.25, 0.3) is 0 Å². The summed E-state index contributed by atoms with van der Waals surface area (Å²) in [6.07, 6.45) is 4.42. The molecule has 3 N–H and O–H groups in total. The number of aliphatic hydroxyl groups excluding tert-OH is 1. The molecule has 1 saturated carbocycles. The van der Waals surface area contributed by atoms with Crippen molar-refractivity contribution < 1.29 is 23.4 Å². The topological polar surface area (TPSA) is 107 Å². The van der Waals surface area contributed by atoms with Gasteiger partial charge in [0, 0.05) is 31.7 Å². The number of carboxylic acids is 1. The molecule has 2 aliphatic rings. The van der Waals surface area contributed by atoms with Crippen LogP contribution in [0, 0.1) is 11.3 Å². The number of rotatable bonds is 6. The molecule has 0 unspecified atom stereocenters. The Balaban J connectivity index is 1.89. The van der Waals surface area contributed by atoms with Gasteiger partial charge in [0.2, 0.25) is 0 Å². The van der Waals surface area contributed by atoms with Crippen molar-refractivity contribution in [3.05, 3.63) is 0 Å². The van der Waals surface area contributed by atoms with E-state index in [0.29, 0.717) is 12.8 Å². The third-order valence-corrected chi connectivity index (χ3v) is 6.33. The number of carboxylic acid groups (broad SMARTS) is 1. The molecule has 0 spiro atoms. The molecule has 0 aromatic rings. The quantitative estimate of drug-likeness (QED) is 0.647. The Hall–Kier alpha value is -0.700. The summed E-state index contributed by atoms with van der Waals surface area (Å²) in [5.74, 6) is -1.31. The second-order valence-corrected chi connectivity index (χ2v) is 7.96. The first-order valence-corrected chi connectivity index (χ1v) is 8.91. The molecule has 1 aliphatic heterocycles. The molecule has 1 heterocycles. The van der Waals surface area contributed by atoms with Crippen molar-refractivity contribution >= 4 is 16.2 Å². The lowest BCUT2D eigenvalue weighted by Gasteiger charge is -2.32. The van der Waals surface area contributed by atoms with Gasteiger partial charge in [-0.3, -0.25) is 4.79 Å². The summed E-state index contributed by atoms with van der Waals surface area (Å²) in [5.41, 5.74) is -0.327. The number of piperidine rings is 1. The highest BCUT2D eigenvalue weighted by molar-refractivity contribution is 7.87. The van der Waals surface area contributed by atoms with Gasteiger partial charge < -0.3 is 10.2 Å². The van der Waals surface area contributed by atoms with Crippen LogP contribution in [0.3, 0.4) is 0 Å². The zero-order chi connectivity index (χ0) is 15.5. The minimum absolute atomic E-state index is 0.00336. The molecular formula is C13H24N2O5S. The normalized spacial score (nSPS) is 24.2. The van der Waals surface area contributed by atoms with Gasteiger partial charge in [0.05, 0.1) is 5.92 Å². The Morgan fingerprint density at radius 3 is 2.29 bits per heavy atom. The van der Waals surface area contributed by atoms with Crippen molar-refractivity contribution in [2.24, 2.45) is 11.3 Å². The van der Waals surface area contributed by atoms with Crippen LogP contribution in [0.15, 0.2) is 0 Å². The first-order valence-electron chi connectivity index (χ1n) is 7.47. The number of aliphatic hydroxyl groups is 1. The molecule has 1 aliphatic carbocycles. The van der Waals surface area contributed by atoms with E-state index in [4.69, 9.17) is 5.11 Å². The van der Waals surface area contributed by atoms with Gasteiger partial charge in [0.1, 0.15) is 0 Å². The standard InChI is InChI=1S/C13H24N2O5S/c16-10-13(5-1-2-6-13)9-14-21(19,20)15-7-3-11(4-8-15)12(17)18/h11,14,16H,1-10H2,(H,17,18). The first-order chi connectivity index (χ1) is 9.88. The van der Waals surface area contributed by atoms with E-state index in [9.17, 15) is 18.3 Å². The van der Waals surface area contributed by atoms with Crippen molar-refractivity contribution in [2.75, 3.05) is 26.2 Å². The number of carbonyl (C=O) groups is 1. The van der Waals surface area contributed by atoms with E-state index >= 15 is 0 Å². The fourth-order valence-corrected chi connectivity index (χ4v) is 4.56. The van der Waals surface area contributed by atoms with Gasteiger partial charge in [0.15, 0.2) is 0 Å². The number of hydrogen-bond donors (Lipinski definition) is 3. The van der Waals surface area contributed by atoms with Crippen LogP contribution in [-0.2, 0) is 15.0 Å². The molecule has 122 valence electrons. The molecule has 2 fully saturated rings. The lowest BCUT2D eigenvalue weighted by molar-refractivity contribution is -0.142. The maximum absolute atomic E-state index is 12.3. The first kappa shape index (κ1) is 16.7. The fraction of sp³-hybridized carbons (Fsp3) is 0.923. The van der Waals surface area contributed by atoms with E-state index in [0.717, 1.165) is 25.7 Å². The highest BCUT2D eigenvalue weighted by atomic mass is 32.2. The van der Waals surface area contributed by atoms with Crippen LogP contribution >= 0.6 is 0 Å². The maximum Gasteiger partial charge on any atom is 0.306 e. The SMILES string of the molecule is O=C(O)C1CCN(S(=O)(=O)NCC2(CO)CCCC2)CC1. The monoisotopic (exact) mass is 320 g/mol. The van der Waals surface area contributed by atoms with Crippen LogP contribution in [0.2, 0.25) is 0 Å². The maximum atomic E-state index is 12.3. The minimum Gasteiger partial charge on any atom is -0.481 e. The van der Waals surface area contributed by atoms with Gasteiger partial charge in [-0.2, -0.15) is 12.7 Å². The molecule has 0 radical (unpaired) electrons. The fourth-order valence-electron chi connectivity index (χ4n) is 3.19. The Bertz CT molecular complexity index is 465. The summed E-state index contributed by atoms with van der Waals surface area (Å²) in [7, 11) is -3.59. The molecule has 0 aromatic carbocycles. The summed E-state index contributed by atoms with van der Waals surface area (Å²) in [6, 6.07) is 0. The largest absolute Gasteiger partial charge is 0.481 e. The van der Waals surface area contributed by atoms with E-state index in [-0.39, 0.29) is 31.7 Å². The summed E-state index contributed by atoms with van der Waals surface area (Å²) >= 11 is 0. The highest BCUT2D eigenvalue weighted by Crippen LogP contribution is 2.37. The predicted molar refractivity (Wildman–Crippen MR) is 76.8 cm³/mol. The van der Waals surface area contributed by atoms with E-state index in [1.807, 2.05) is 0 Å². The Morgan fingerprint density at radius 1 is 1.24 bits per heavy atom. The van der Waals surface area contributed by atoms with Crippen molar-refractivity contribution in [1.29, 1.82) is 0 Å². The molecule has 2 rings (SSSR count). The summed E-state index contributed by atoms with van der Waals surface area (Å²) < 4.78 is 28.4. The molecular weight excluding hydrogens is 296 g/mol. The average Bonchev–Trinajstić information content (AvgIpc) is 2.95. The van der Waals surface area contributed by atoms with Crippen LogP contribution in [-0.4, -0.2) is 55.1 Å². The molecule has 7 nitrogen and oxygen atoms in total. The Kier molecular flexibility index (Phi) is 5.24. The van der Waals surface area contributed by atoms with Crippen molar-refractivity contribution in [3.63, 3.8) is 0 Å². The van der Waals surface area contributed by atoms with Gasteiger partial charge in [0.25, 0.3) is 10.2 Å². The van der Waals surface area contributed by atoms with Crippen LogP contribution < -0.4 is 4.72 Å². The molecule has 0 aromatic heterocycles. The molecule has 0 amide bonds. The molecule has 0 atom stereocenters. The number of hydrogen-bond acceptors (Lipinski definition) is 4. The zero-order valence-corrected chi connectivity index (χ0v) is 12.9. The van der Waals surface area contributed by atoms with Crippen LogP contribution in [0.4, 0.5) is 0 Å². The number of nitrogens with one attached hydrogen (secondary N) is 1. The number of aliphatic carboxylic acids is 1. The second-order valence-electron chi connectivity index (χ2n) is 6.20. The predicted octanol–water partition coefficient (Wildman–Crippen LogP) is 0.170. The zero-order valence-electron chi connectivity index (χ0n) is 12.1. The molecule has 0 bridgehead atoms. The van der Waals surface area contributed by atoms with Crippen molar-refractivity contribution in [3.8, 4) is 0 Å². The van der Waals surface area contributed by atoms with E-state index < -0.39 is 22.1 Å². The minimum atomic E-state index is -3.59. The van der Waals surface area contributed by atoms with Gasteiger partial charge >= 0.3 is 5.97 Å². The van der Waals surface area contributed by atoms with E-state index in [1.54, 1.807) is 0 Å². The molecule has 8 heteroatoms. The van der Waals surface area contributed by atoms with Gasteiger partial charge in [-0.15, -0.1) is 0 Å². The highest BCUT2D eigenvalue weighted by Gasteiger charge is 2.36. The Labute approximate surface area is 125 Å². The van der Waals surface area contributed by atoms with Gasteiger partial charge in [-0.25, -0.2) is 4.72 Å². The molecule has 21 heavy (non-hydrogen) atoms. The lowest BCUT2D eigenvalue weighted by Crippen LogP contribution is -2.48. The van der Waals surface area contributed by atoms with Crippen molar-refractivity contribution in [1.82, 2.24) is 9.03 Å². The van der Waals surface area contributed by atoms with Crippen LogP contribution in [0.1, 0.15) is 38.5 Å². The molecule has 1 saturated heterocycles. The smallest absolute Gasteiger partial charge is 0.306 e. The van der Waals surface area contributed by atoms with Gasteiger partial charge in [-0.05, 0) is 25.7 Å². The summed E-state index contributed by atoms with van der Waals surface area (Å²) in [4.78, 5) is 10.9. The van der Waals surface area contributed by atoms with E-state index in [1.165, 1.54) is 4.31 Å². The lowest BCUT2D eigenvalue weighted by atomic mass is 9.88. The second kappa shape index (κ2) is 6.60. The third-order valence-electron chi connectivity index (χ3n) is 4.77. The van der Waals surface area contributed by atoms with E-state index in [2.05, 4.69) is 4.72 Å². The Morgan fingerprint density at radius 2 is 1.81 bits per heavy atom. The third kappa shape index (κ3) is 3.94. The average molecular weight is 320 g/mol. The van der Waals surface area contributed by atoms with Crippen molar-refractivity contribution in [2.45, 2.75) is 38.5 Å². The summed E-state index contributed by atoms with van der Waals surface area (Å²) in [5, 5.41) is 18.4. The van der Waals surface area contributed by atoms with Gasteiger partial charge in [-0.1, -0.05) is 12.8 Å². The summed E-state index contributed by atoms with van der Waals surface area (Å²) in [6.45, 7) is 0.720.